The van der Waals surface area contributed by atoms with E-state index in [0.717, 1.165) is 30.5 Å². The van der Waals surface area contributed by atoms with Crippen molar-refractivity contribution in [1.82, 2.24) is 4.98 Å². The molecule has 2 amide bonds. The van der Waals surface area contributed by atoms with Gasteiger partial charge in [-0.25, -0.2) is 4.98 Å². The molecule has 136 valence electrons. The first kappa shape index (κ1) is 18.1. The quantitative estimate of drug-likeness (QED) is 0.764. The van der Waals surface area contributed by atoms with Crippen LogP contribution in [-0.2, 0) is 22.4 Å². The van der Waals surface area contributed by atoms with Crippen molar-refractivity contribution in [1.29, 1.82) is 0 Å². The van der Waals surface area contributed by atoms with Crippen molar-refractivity contribution in [3.8, 4) is 5.75 Å². The van der Waals surface area contributed by atoms with E-state index in [4.69, 9.17) is 10.5 Å². The molecule has 1 heterocycles. The summed E-state index contributed by atoms with van der Waals surface area (Å²) < 4.78 is 5.19. The average Bonchev–Trinajstić information content (AvgIpc) is 3.00. The lowest BCUT2D eigenvalue weighted by molar-refractivity contribution is -0.120. The lowest BCUT2D eigenvalue weighted by Gasteiger charge is -2.15. The summed E-state index contributed by atoms with van der Waals surface area (Å²) in [5.74, 6) is 0.497. The van der Waals surface area contributed by atoms with Crippen LogP contribution in [0.5, 0.6) is 5.75 Å². The van der Waals surface area contributed by atoms with E-state index in [2.05, 4.69) is 17.2 Å². The van der Waals surface area contributed by atoms with Crippen molar-refractivity contribution in [3.63, 3.8) is 0 Å². The van der Waals surface area contributed by atoms with E-state index >= 15 is 0 Å². The van der Waals surface area contributed by atoms with E-state index in [-0.39, 0.29) is 12.5 Å². The number of primary amides is 1. The van der Waals surface area contributed by atoms with E-state index in [1.54, 1.807) is 41.7 Å². The van der Waals surface area contributed by atoms with E-state index in [1.807, 2.05) is 0 Å². The number of nitrogens with one attached hydrogen (secondary N) is 1. The van der Waals surface area contributed by atoms with Crippen molar-refractivity contribution in [3.05, 3.63) is 46.5 Å². The second kappa shape index (κ2) is 8.14. The van der Waals surface area contributed by atoms with Crippen LogP contribution in [0.2, 0.25) is 0 Å². The maximum atomic E-state index is 12.1. The highest BCUT2D eigenvalue weighted by Gasteiger charge is 2.20. The number of anilines is 1. The predicted octanol–water partition coefficient (Wildman–Crippen LogP) is 2.78. The Hall–Kier alpha value is -2.67. The van der Waals surface area contributed by atoms with Gasteiger partial charge in [0.05, 0.1) is 5.69 Å². The Balaban J connectivity index is 1.55. The lowest BCUT2D eigenvalue weighted by atomic mass is 9.93. The van der Waals surface area contributed by atoms with Crippen LogP contribution in [0.3, 0.4) is 0 Å². The molecule has 0 radical (unpaired) electrons. The fourth-order valence-corrected chi connectivity index (χ4v) is 3.92. The molecule has 1 aromatic carbocycles. The molecule has 0 saturated carbocycles. The number of aromatic nitrogens is 1. The highest BCUT2D eigenvalue weighted by molar-refractivity contribution is 7.15. The van der Waals surface area contributed by atoms with Crippen LogP contribution in [0.15, 0.2) is 30.3 Å². The number of benzene rings is 1. The molecule has 6 nitrogen and oxygen atoms in total. The van der Waals surface area contributed by atoms with Crippen LogP contribution in [0.1, 0.15) is 29.5 Å². The topological polar surface area (TPSA) is 94.3 Å². The highest BCUT2D eigenvalue weighted by atomic mass is 32.1. The van der Waals surface area contributed by atoms with Gasteiger partial charge in [-0.15, -0.1) is 11.3 Å². The van der Waals surface area contributed by atoms with Gasteiger partial charge in [-0.05, 0) is 49.0 Å². The van der Waals surface area contributed by atoms with Gasteiger partial charge in [-0.1, -0.05) is 19.1 Å². The molecular formula is C19H21N3O3S. The summed E-state index contributed by atoms with van der Waals surface area (Å²) in [5.41, 5.74) is 7.00. The second-order valence-electron chi connectivity index (χ2n) is 6.38. The standard InChI is InChI=1S/C19H21N3O3S/c1-12-2-8-15-16(10-12)26-19(21-15)22-18(24)9-5-13-3-6-14(7-4-13)25-11-17(20)23/h3-7,9,12H,2,8,10-11H2,1H3,(H2,20,23)(H,21,22,24). The van der Waals surface area contributed by atoms with Crippen LogP contribution in [0.4, 0.5) is 5.13 Å². The number of fused-ring (bicyclic) bond motifs is 1. The third-order valence-corrected chi connectivity index (χ3v) is 5.14. The second-order valence-corrected chi connectivity index (χ2v) is 7.47. The third kappa shape index (κ3) is 4.92. The summed E-state index contributed by atoms with van der Waals surface area (Å²) in [6.07, 6.45) is 6.38. The molecule has 0 spiro atoms. The first-order valence-corrected chi connectivity index (χ1v) is 9.30. The predicted molar refractivity (Wildman–Crippen MR) is 102 cm³/mol. The van der Waals surface area contributed by atoms with Gasteiger partial charge >= 0.3 is 0 Å². The first-order valence-electron chi connectivity index (χ1n) is 8.48. The van der Waals surface area contributed by atoms with Gasteiger partial charge < -0.3 is 10.5 Å². The monoisotopic (exact) mass is 371 g/mol. The number of amides is 2. The van der Waals surface area contributed by atoms with E-state index in [0.29, 0.717) is 16.8 Å². The number of rotatable bonds is 6. The van der Waals surface area contributed by atoms with Gasteiger partial charge in [0.25, 0.3) is 5.91 Å². The van der Waals surface area contributed by atoms with E-state index < -0.39 is 5.91 Å². The van der Waals surface area contributed by atoms with Gasteiger partial charge in [0.1, 0.15) is 5.75 Å². The van der Waals surface area contributed by atoms with Crippen LogP contribution >= 0.6 is 11.3 Å². The molecule has 2 aromatic rings. The van der Waals surface area contributed by atoms with E-state index in [9.17, 15) is 9.59 Å². The molecule has 0 bridgehead atoms. The zero-order valence-corrected chi connectivity index (χ0v) is 15.3. The van der Waals surface area contributed by atoms with Gasteiger partial charge in [0.2, 0.25) is 5.91 Å². The summed E-state index contributed by atoms with van der Waals surface area (Å²) in [6, 6.07) is 7.03. The molecule has 26 heavy (non-hydrogen) atoms. The molecule has 3 rings (SSSR count). The Morgan fingerprint density at radius 2 is 2.15 bits per heavy atom. The van der Waals surface area contributed by atoms with Crippen molar-refractivity contribution in [2.45, 2.75) is 26.2 Å². The van der Waals surface area contributed by atoms with Gasteiger partial charge in [-0.3, -0.25) is 14.9 Å². The Bertz CT molecular complexity index is 827. The van der Waals surface area contributed by atoms with Crippen LogP contribution < -0.4 is 15.8 Å². The molecule has 1 unspecified atom stereocenters. The number of nitrogens with zero attached hydrogens (tertiary/aromatic N) is 1. The summed E-state index contributed by atoms with van der Waals surface area (Å²) in [5, 5.41) is 3.50. The zero-order chi connectivity index (χ0) is 18.5. The Labute approximate surface area is 156 Å². The normalized spacial score (nSPS) is 16.3. The number of hydrogen-bond acceptors (Lipinski definition) is 5. The van der Waals surface area contributed by atoms with E-state index in [1.165, 1.54) is 11.0 Å². The summed E-state index contributed by atoms with van der Waals surface area (Å²) >= 11 is 1.57. The van der Waals surface area contributed by atoms with Gasteiger partial charge in [-0.2, -0.15) is 0 Å². The average molecular weight is 371 g/mol. The number of aryl methyl sites for hydroxylation is 1. The maximum Gasteiger partial charge on any atom is 0.255 e. The van der Waals surface area contributed by atoms with Crippen molar-refractivity contribution in [2.24, 2.45) is 11.7 Å². The largest absolute Gasteiger partial charge is 0.484 e. The summed E-state index contributed by atoms with van der Waals surface area (Å²) in [7, 11) is 0. The molecule has 1 aliphatic carbocycles. The fraction of sp³-hybridized carbons (Fsp3) is 0.316. The molecule has 1 aromatic heterocycles. The van der Waals surface area contributed by atoms with Crippen LogP contribution in [0, 0.1) is 5.92 Å². The summed E-state index contributed by atoms with van der Waals surface area (Å²) in [6.45, 7) is 2.09. The molecule has 0 saturated heterocycles. The molecule has 1 aliphatic rings. The van der Waals surface area contributed by atoms with Gasteiger partial charge in [0.15, 0.2) is 11.7 Å². The molecule has 3 N–H and O–H groups in total. The number of nitrogens with two attached hydrogens (primary N) is 1. The maximum absolute atomic E-state index is 12.1. The molecular weight excluding hydrogens is 350 g/mol. The molecule has 0 aliphatic heterocycles. The third-order valence-electron chi connectivity index (χ3n) is 4.10. The smallest absolute Gasteiger partial charge is 0.255 e. The summed E-state index contributed by atoms with van der Waals surface area (Å²) in [4.78, 5) is 28.6. The molecule has 1 atom stereocenters. The number of hydrogen-bond donors (Lipinski definition) is 2. The molecule has 7 heteroatoms. The lowest BCUT2D eigenvalue weighted by Crippen LogP contribution is -2.19. The highest BCUT2D eigenvalue weighted by Crippen LogP contribution is 2.32. The van der Waals surface area contributed by atoms with Crippen LogP contribution in [0.25, 0.3) is 6.08 Å². The SMILES string of the molecule is CC1CCc2nc(NC(=O)C=Cc3ccc(OCC(N)=O)cc3)sc2C1. The number of carbonyl (C=O) groups excluding carboxylic acids is 2. The minimum atomic E-state index is -0.524. The molecule has 0 fully saturated rings. The van der Waals surface area contributed by atoms with Crippen molar-refractivity contribution >= 4 is 34.4 Å². The Kier molecular flexibility index (Phi) is 5.68. The Morgan fingerprint density at radius 1 is 1.38 bits per heavy atom. The zero-order valence-electron chi connectivity index (χ0n) is 14.5. The van der Waals surface area contributed by atoms with Crippen LogP contribution in [-0.4, -0.2) is 23.4 Å². The number of ether oxygens (including phenoxy) is 1. The first-order chi connectivity index (χ1) is 12.5. The number of carbonyl (C=O) groups is 2. The van der Waals surface area contributed by atoms with Crippen molar-refractivity contribution < 1.29 is 14.3 Å². The minimum Gasteiger partial charge on any atom is -0.484 e. The Morgan fingerprint density at radius 3 is 2.88 bits per heavy atom. The minimum absolute atomic E-state index is 0.159. The fourth-order valence-electron chi connectivity index (χ4n) is 2.74. The van der Waals surface area contributed by atoms with Gasteiger partial charge in [0, 0.05) is 11.0 Å². The van der Waals surface area contributed by atoms with Crippen molar-refractivity contribution in [2.75, 3.05) is 11.9 Å². The number of thiazole rings is 1.